The summed E-state index contributed by atoms with van der Waals surface area (Å²) in [5, 5.41) is 14.5. The summed E-state index contributed by atoms with van der Waals surface area (Å²) in [5.41, 5.74) is 3.23. The highest BCUT2D eigenvalue weighted by Crippen LogP contribution is 2.33. The number of halogens is 1. The number of hydrogen-bond donors (Lipinski definition) is 2. The predicted molar refractivity (Wildman–Crippen MR) is 160 cm³/mol. The number of carboxylic acid groups (broad SMARTS) is 1. The van der Waals surface area contributed by atoms with E-state index in [2.05, 4.69) is 11.4 Å². The van der Waals surface area contributed by atoms with Gasteiger partial charge in [0.25, 0.3) is 5.91 Å². The zero-order valence-corrected chi connectivity index (χ0v) is 22.7. The Bertz CT molecular complexity index is 1900. The Hall–Kier alpha value is -4.88. The van der Waals surface area contributed by atoms with Crippen LogP contribution in [0, 0.1) is 5.82 Å². The number of aromatic nitrogens is 1. The van der Waals surface area contributed by atoms with Crippen LogP contribution in [0.3, 0.4) is 0 Å². The van der Waals surface area contributed by atoms with Gasteiger partial charge in [-0.1, -0.05) is 66.4 Å². The molecular formula is C34H25FN2O3S. The van der Waals surface area contributed by atoms with Gasteiger partial charge in [-0.05, 0) is 71.1 Å². The molecule has 2 N–H and O–H groups in total. The van der Waals surface area contributed by atoms with E-state index in [1.807, 2.05) is 77.5 Å². The van der Waals surface area contributed by atoms with Crippen LogP contribution in [0.25, 0.3) is 21.7 Å². The number of hydrogen-bond acceptors (Lipinski definition) is 3. The molecule has 1 amide bonds. The highest BCUT2D eigenvalue weighted by atomic mass is 32.2. The van der Waals surface area contributed by atoms with Gasteiger partial charge in [0.15, 0.2) is 0 Å². The SMILES string of the molecule is O=C(O)c1ccc(CNC(=O)c2cc(Sc3ccccc3)cc3ccn(Cc4ccc5cccc(F)c5c4)c23)cc1. The van der Waals surface area contributed by atoms with Crippen LogP contribution in [-0.2, 0) is 13.1 Å². The second-order valence-corrected chi connectivity index (χ2v) is 10.9. The summed E-state index contributed by atoms with van der Waals surface area (Å²) in [6.07, 6.45) is 1.95. The van der Waals surface area contributed by atoms with Gasteiger partial charge in [-0.2, -0.15) is 0 Å². The highest BCUT2D eigenvalue weighted by molar-refractivity contribution is 7.99. The number of carbonyl (C=O) groups is 2. The van der Waals surface area contributed by atoms with E-state index in [9.17, 15) is 14.0 Å². The van der Waals surface area contributed by atoms with E-state index in [-0.39, 0.29) is 23.8 Å². The van der Waals surface area contributed by atoms with Crippen LogP contribution in [-0.4, -0.2) is 21.6 Å². The smallest absolute Gasteiger partial charge is 0.335 e. The van der Waals surface area contributed by atoms with Crippen molar-refractivity contribution in [3.05, 3.63) is 143 Å². The maximum absolute atomic E-state index is 14.5. The lowest BCUT2D eigenvalue weighted by molar-refractivity contribution is 0.0696. The van der Waals surface area contributed by atoms with Crippen molar-refractivity contribution in [2.75, 3.05) is 0 Å². The summed E-state index contributed by atoms with van der Waals surface area (Å²) in [7, 11) is 0. The van der Waals surface area contributed by atoms with Crippen LogP contribution < -0.4 is 5.32 Å². The van der Waals surface area contributed by atoms with Crippen molar-refractivity contribution in [3.63, 3.8) is 0 Å². The summed E-state index contributed by atoms with van der Waals surface area (Å²) in [5.74, 6) is -1.50. The number of rotatable bonds is 8. The lowest BCUT2D eigenvalue weighted by atomic mass is 10.1. The van der Waals surface area contributed by atoms with Crippen molar-refractivity contribution < 1.29 is 19.1 Å². The van der Waals surface area contributed by atoms with E-state index in [0.717, 1.165) is 37.2 Å². The van der Waals surface area contributed by atoms with E-state index in [1.54, 1.807) is 30.0 Å². The average Bonchev–Trinajstić information content (AvgIpc) is 3.39. The number of carboxylic acids is 1. The quantitative estimate of drug-likeness (QED) is 0.200. The zero-order chi connectivity index (χ0) is 28.3. The molecule has 41 heavy (non-hydrogen) atoms. The second-order valence-electron chi connectivity index (χ2n) is 9.75. The first kappa shape index (κ1) is 26.3. The number of nitrogens with zero attached hydrogens (tertiary/aromatic N) is 1. The summed E-state index contributed by atoms with van der Waals surface area (Å²) in [4.78, 5) is 26.8. The van der Waals surface area contributed by atoms with Crippen LogP contribution in [0.5, 0.6) is 0 Å². The van der Waals surface area contributed by atoms with Crippen molar-refractivity contribution in [3.8, 4) is 0 Å². The molecule has 0 radical (unpaired) electrons. The molecule has 0 fully saturated rings. The van der Waals surface area contributed by atoms with Crippen LogP contribution in [0.1, 0.15) is 31.8 Å². The molecule has 0 atom stereocenters. The molecule has 6 rings (SSSR count). The van der Waals surface area contributed by atoms with Gasteiger partial charge in [0, 0.05) is 39.8 Å². The first-order chi connectivity index (χ1) is 19.9. The Kier molecular flexibility index (Phi) is 7.27. The fourth-order valence-electron chi connectivity index (χ4n) is 4.93. The maximum Gasteiger partial charge on any atom is 0.335 e. The van der Waals surface area contributed by atoms with Crippen LogP contribution in [0.15, 0.2) is 125 Å². The van der Waals surface area contributed by atoms with Crippen LogP contribution >= 0.6 is 11.8 Å². The Morgan fingerprint density at radius 2 is 1.56 bits per heavy atom. The van der Waals surface area contributed by atoms with Gasteiger partial charge in [0.2, 0.25) is 0 Å². The third kappa shape index (κ3) is 5.71. The van der Waals surface area contributed by atoms with Gasteiger partial charge >= 0.3 is 5.97 Å². The summed E-state index contributed by atoms with van der Waals surface area (Å²) >= 11 is 1.58. The van der Waals surface area contributed by atoms with E-state index in [1.165, 1.54) is 18.2 Å². The van der Waals surface area contributed by atoms with Gasteiger partial charge in [-0.15, -0.1) is 0 Å². The molecule has 0 aliphatic heterocycles. The lowest BCUT2D eigenvalue weighted by Crippen LogP contribution is -2.23. The highest BCUT2D eigenvalue weighted by Gasteiger charge is 2.17. The fourth-order valence-corrected chi connectivity index (χ4v) is 5.86. The topological polar surface area (TPSA) is 71.3 Å². The molecule has 1 aromatic heterocycles. The monoisotopic (exact) mass is 560 g/mol. The number of nitrogens with one attached hydrogen (secondary N) is 1. The van der Waals surface area contributed by atoms with Gasteiger partial charge in [-0.3, -0.25) is 4.79 Å². The molecule has 202 valence electrons. The summed E-state index contributed by atoms with van der Waals surface area (Å²) in [6.45, 7) is 0.719. The largest absolute Gasteiger partial charge is 0.478 e. The fraction of sp³-hybridized carbons (Fsp3) is 0.0588. The molecule has 0 spiro atoms. The zero-order valence-electron chi connectivity index (χ0n) is 21.9. The molecule has 5 nitrogen and oxygen atoms in total. The standard InChI is InChI=1S/C34H25FN2O3S/c35-31-8-4-5-24-12-11-23(17-29(24)31)21-37-16-15-26-18-28(41-27-6-2-1-3-7-27)19-30(32(26)37)33(38)36-20-22-9-13-25(14-10-22)34(39)40/h1-19H,20-21H2,(H,36,38)(H,39,40). The van der Waals surface area contributed by atoms with Crippen molar-refractivity contribution in [1.29, 1.82) is 0 Å². The van der Waals surface area contributed by atoms with E-state index < -0.39 is 5.97 Å². The molecule has 5 aromatic carbocycles. The van der Waals surface area contributed by atoms with Crippen molar-refractivity contribution in [2.24, 2.45) is 0 Å². The number of aromatic carboxylic acids is 1. The number of carbonyl (C=O) groups excluding carboxylic acids is 1. The average molecular weight is 561 g/mol. The van der Waals surface area contributed by atoms with E-state index in [0.29, 0.717) is 17.5 Å². The molecule has 0 saturated carbocycles. The predicted octanol–water partition coefficient (Wildman–Crippen LogP) is 7.76. The Labute approximate surface area is 240 Å². The van der Waals surface area contributed by atoms with E-state index in [4.69, 9.17) is 5.11 Å². The molecule has 0 aliphatic carbocycles. The molecular weight excluding hydrogens is 535 g/mol. The van der Waals surface area contributed by atoms with Gasteiger partial charge < -0.3 is 15.0 Å². The van der Waals surface area contributed by atoms with Crippen molar-refractivity contribution >= 4 is 45.3 Å². The van der Waals surface area contributed by atoms with Gasteiger partial charge in [-0.25, -0.2) is 9.18 Å². The molecule has 0 unspecified atom stereocenters. The second kappa shape index (κ2) is 11.3. The Balaban J connectivity index is 1.35. The molecule has 0 saturated heterocycles. The summed E-state index contributed by atoms with van der Waals surface area (Å²) in [6, 6.07) is 33.2. The van der Waals surface area contributed by atoms with Gasteiger partial charge in [0.1, 0.15) is 5.82 Å². The molecule has 6 aromatic rings. The minimum Gasteiger partial charge on any atom is -0.478 e. The van der Waals surface area contributed by atoms with Gasteiger partial charge in [0.05, 0.1) is 16.6 Å². The molecule has 0 aliphatic rings. The minimum atomic E-state index is -0.995. The normalized spacial score (nSPS) is 11.1. The lowest BCUT2D eigenvalue weighted by Gasteiger charge is -2.13. The molecule has 7 heteroatoms. The minimum absolute atomic E-state index is 0.193. The third-order valence-corrected chi connectivity index (χ3v) is 7.94. The molecule has 0 bridgehead atoms. The number of benzene rings is 5. The van der Waals surface area contributed by atoms with Crippen LogP contribution in [0.2, 0.25) is 0 Å². The van der Waals surface area contributed by atoms with Crippen molar-refractivity contribution in [2.45, 2.75) is 22.9 Å². The number of amides is 1. The Morgan fingerprint density at radius 3 is 2.34 bits per heavy atom. The number of fused-ring (bicyclic) bond motifs is 2. The molecule has 1 heterocycles. The Morgan fingerprint density at radius 1 is 0.780 bits per heavy atom. The van der Waals surface area contributed by atoms with E-state index >= 15 is 0 Å². The third-order valence-electron chi connectivity index (χ3n) is 6.96. The first-order valence-corrected chi connectivity index (χ1v) is 13.9. The summed E-state index contributed by atoms with van der Waals surface area (Å²) < 4.78 is 16.5. The van der Waals surface area contributed by atoms with Crippen molar-refractivity contribution in [1.82, 2.24) is 9.88 Å². The maximum atomic E-state index is 14.5. The van der Waals surface area contributed by atoms with Crippen LogP contribution in [0.4, 0.5) is 4.39 Å². The first-order valence-electron chi connectivity index (χ1n) is 13.1.